The third kappa shape index (κ3) is 49.2. The minimum absolute atomic E-state index is 0.241. The molecule has 0 aromatic heterocycles. The Bertz CT molecular complexity index is 2060. The molecular weight excluding hydrogens is 1380 g/mol. The van der Waals surface area contributed by atoms with Gasteiger partial charge in [-0.3, -0.25) is 4.79 Å². The fourth-order valence-corrected chi connectivity index (χ4v) is 15.9. The average Bonchev–Trinajstić information content (AvgIpc) is 0.762. The van der Waals surface area contributed by atoms with E-state index in [2.05, 4.69) is 31.3 Å². The van der Waals surface area contributed by atoms with E-state index in [1.807, 2.05) is 6.08 Å². The van der Waals surface area contributed by atoms with Gasteiger partial charge in [-0.2, -0.15) is 0 Å². The molecule has 1 amide bonds. The van der Waals surface area contributed by atoms with Crippen molar-refractivity contribution in [1.29, 1.82) is 0 Å². The Hall–Kier alpha value is -1.73. The predicted molar refractivity (Wildman–Crippen MR) is 439 cm³/mol. The first kappa shape index (κ1) is 101. The summed E-state index contributed by atoms with van der Waals surface area (Å²) >= 11 is 0. The largest absolute Gasteiger partial charge is 0.394 e. The lowest BCUT2D eigenvalue weighted by molar-refractivity contribution is -0.379. The first-order chi connectivity index (χ1) is 53.3. The average molecular weight is 1560 g/mol. The summed E-state index contributed by atoms with van der Waals surface area (Å²) in [6.07, 6.45) is 62.1. The highest BCUT2D eigenvalue weighted by Crippen LogP contribution is 2.34. The molecule has 12 N–H and O–H groups in total. The van der Waals surface area contributed by atoms with Crippen LogP contribution in [0.2, 0.25) is 0 Å². The van der Waals surface area contributed by atoms with E-state index in [0.29, 0.717) is 12.8 Å². The molecule has 0 aromatic carbocycles. The van der Waals surface area contributed by atoms with Gasteiger partial charge in [0.15, 0.2) is 18.9 Å². The second-order valence-electron chi connectivity index (χ2n) is 33.1. The van der Waals surface area contributed by atoms with E-state index in [9.17, 15) is 61.0 Å². The van der Waals surface area contributed by atoms with Gasteiger partial charge in [-0.1, -0.05) is 398 Å². The van der Waals surface area contributed by atoms with Gasteiger partial charge < -0.3 is 89.9 Å². The Morgan fingerprint density at radius 2 is 0.587 bits per heavy atom. The molecule has 17 unspecified atom stereocenters. The van der Waals surface area contributed by atoms with E-state index >= 15 is 0 Å². The molecule has 644 valence electrons. The molecule has 0 aliphatic carbocycles. The topological polar surface area (TPSA) is 307 Å². The first-order valence-corrected chi connectivity index (χ1v) is 46.1. The molecule has 3 fully saturated rings. The van der Waals surface area contributed by atoms with Crippen LogP contribution >= 0.6 is 0 Å². The highest BCUT2D eigenvalue weighted by atomic mass is 16.8. The van der Waals surface area contributed by atoms with Gasteiger partial charge in [0.2, 0.25) is 5.91 Å². The number of carbonyl (C=O) groups excluding carboxylic acids is 1. The predicted octanol–water partition coefficient (Wildman–Crippen LogP) is 17.6. The van der Waals surface area contributed by atoms with E-state index < -0.39 is 124 Å². The zero-order chi connectivity index (χ0) is 78.8. The number of aliphatic hydroxyl groups excluding tert-OH is 11. The molecular formula is C90H171NO18. The summed E-state index contributed by atoms with van der Waals surface area (Å²) < 4.78 is 34.5. The zero-order valence-electron chi connectivity index (χ0n) is 69.6. The number of rotatable bonds is 76. The normalized spacial score (nSPS) is 25.3. The molecule has 3 rings (SSSR count). The summed E-state index contributed by atoms with van der Waals surface area (Å²) in [5.41, 5.74) is 0. The SMILES string of the molecule is CCCCCCCCCCCCCCCCCCCCCCCCCC/C=C/CC/C=C/C(O)C(COC1OC(CO)C(OC2OC(CO)C(OC3OC(CO)C(O)C(O)C3O)C(O)C2O)C(O)C1O)NC(=O)CCCCCCCCCCCCCCCCCCCCCCCCCCCCCCCCCCCC. The fraction of sp³-hybridized carbons (Fsp3) is 0.944. The van der Waals surface area contributed by atoms with Crippen LogP contribution in [0.5, 0.6) is 0 Å². The number of hydrogen-bond donors (Lipinski definition) is 12. The van der Waals surface area contributed by atoms with E-state index in [-0.39, 0.29) is 18.9 Å². The Balaban J connectivity index is 1.33. The number of carbonyl (C=O) groups is 1. The van der Waals surface area contributed by atoms with Crippen molar-refractivity contribution in [2.75, 3.05) is 26.4 Å². The Morgan fingerprint density at radius 1 is 0.321 bits per heavy atom. The minimum atomic E-state index is -1.98. The molecule has 0 aromatic rings. The van der Waals surface area contributed by atoms with Crippen LogP contribution in [0.4, 0.5) is 0 Å². The van der Waals surface area contributed by atoms with Crippen molar-refractivity contribution in [3.63, 3.8) is 0 Å². The number of ether oxygens (including phenoxy) is 6. The second kappa shape index (κ2) is 70.5. The van der Waals surface area contributed by atoms with Gasteiger partial charge in [0, 0.05) is 6.42 Å². The third-order valence-electron chi connectivity index (χ3n) is 23.3. The van der Waals surface area contributed by atoms with Crippen molar-refractivity contribution in [1.82, 2.24) is 5.32 Å². The van der Waals surface area contributed by atoms with Gasteiger partial charge in [0.25, 0.3) is 0 Å². The molecule has 19 nitrogen and oxygen atoms in total. The van der Waals surface area contributed by atoms with Crippen LogP contribution in [0.25, 0.3) is 0 Å². The van der Waals surface area contributed by atoms with E-state index in [0.717, 1.165) is 38.5 Å². The molecule has 3 aliphatic heterocycles. The lowest BCUT2D eigenvalue weighted by atomic mass is 9.96. The monoisotopic (exact) mass is 1550 g/mol. The van der Waals surface area contributed by atoms with Crippen molar-refractivity contribution in [3.05, 3.63) is 24.3 Å². The van der Waals surface area contributed by atoms with E-state index in [4.69, 9.17) is 28.4 Å². The van der Waals surface area contributed by atoms with Crippen molar-refractivity contribution < 1.29 is 89.4 Å². The standard InChI is InChI=1S/C90H171NO18/c1-3-5-7-9-11-13-15-17-19-21-23-25-27-29-31-33-35-36-37-38-40-42-44-46-48-50-52-54-56-58-60-62-64-66-68-78(96)91-73(74(95)67-65-63-61-59-57-55-53-51-49-47-45-43-41-39-34-32-30-28-26-24-22-20-18-16-14-12-10-8-6-4-2)72-104-88-84(102)81(99)86(76(70-93)106-88)109-90-85(103)82(100)87(77(71-94)107-90)108-89-83(101)80(98)79(97)75(69-92)105-89/h57,59,65,67,73-77,79-90,92-95,97-103H,3-56,58,60-64,66,68-72H2,1-2H3,(H,91,96)/b59-57+,67-65+. The van der Waals surface area contributed by atoms with Gasteiger partial charge in [-0.05, 0) is 32.1 Å². The van der Waals surface area contributed by atoms with Crippen LogP contribution in [0, 0.1) is 0 Å². The molecule has 0 bridgehead atoms. The Kier molecular flexibility index (Phi) is 65.6. The number of allylic oxidation sites excluding steroid dienone is 3. The molecule has 0 spiro atoms. The van der Waals surface area contributed by atoms with Gasteiger partial charge in [-0.15, -0.1) is 0 Å². The third-order valence-corrected chi connectivity index (χ3v) is 23.3. The zero-order valence-corrected chi connectivity index (χ0v) is 69.6. The molecule has 3 heterocycles. The molecule has 19 heteroatoms. The quantitative estimate of drug-likeness (QED) is 0.0199. The number of aliphatic hydroxyl groups is 11. The fourth-order valence-electron chi connectivity index (χ4n) is 15.9. The maximum Gasteiger partial charge on any atom is 0.220 e. The van der Waals surface area contributed by atoms with Gasteiger partial charge >= 0.3 is 0 Å². The lowest BCUT2D eigenvalue weighted by Crippen LogP contribution is -2.66. The van der Waals surface area contributed by atoms with E-state index in [1.165, 1.54) is 340 Å². The molecule has 0 saturated carbocycles. The van der Waals surface area contributed by atoms with E-state index in [1.54, 1.807) is 6.08 Å². The van der Waals surface area contributed by atoms with Crippen LogP contribution in [0.15, 0.2) is 24.3 Å². The molecule has 3 aliphatic rings. The summed E-state index contributed by atoms with van der Waals surface area (Å²) in [7, 11) is 0. The number of nitrogens with one attached hydrogen (secondary N) is 1. The highest BCUT2D eigenvalue weighted by molar-refractivity contribution is 5.76. The Morgan fingerprint density at radius 3 is 0.917 bits per heavy atom. The molecule has 3 saturated heterocycles. The maximum atomic E-state index is 13.5. The second-order valence-corrected chi connectivity index (χ2v) is 33.1. The van der Waals surface area contributed by atoms with Gasteiger partial charge in [-0.25, -0.2) is 0 Å². The minimum Gasteiger partial charge on any atom is -0.394 e. The van der Waals surface area contributed by atoms with Crippen LogP contribution in [0.1, 0.15) is 412 Å². The summed E-state index contributed by atoms with van der Waals surface area (Å²) in [5.74, 6) is -0.275. The summed E-state index contributed by atoms with van der Waals surface area (Å²) in [6.45, 7) is 1.80. The molecule has 17 atom stereocenters. The number of unbranched alkanes of at least 4 members (excludes halogenated alkanes) is 58. The van der Waals surface area contributed by atoms with Gasteiger partial charge in [0.1, 0.15) is 73.2 Å². The molecule has 109 heavy (non-hydrogen) atoms. The van der Waals surface area contributed by atoms with Crippen LogP contribution in [0.3, 0.4) is 0 Å². The van der Waals surface area contributed by atoms with Crippen molar-refractivity contribution in [2.45, 2.75) is 516 Å². The summed E-state index contributed by atoms with van der Waals surface area (Å²) in [5, 5.41) is 121. The van der Waals surface area contributed by atoms with Crippen molar-refractivity contribution in [3.8, 4) is 0 Å². The molecule has 0 radical (unpaired) electrons. The van der Waals surface area contributed by atoms with Crippen molar-refractivity contribution >= 4 is 5.91 Å². The van der Waals surface area contributed by atoms with Crippen molar-refractivity contribution in [2.24, 2.45) is 0 Å². The number of amides is 1. The van der Waals surface area contributed by atoms with Crippen LogP contribution < -0.4 is 5.32 Å². The summed E-state index contributed by atoms with van der Waals surface area (Å²) in [4.78, 5) is 13.5. The smallest absolute Gasteiger partial charge is 0.220 e. The highest BCUT2D eigenvalue weighted by Gasteiger charge is 2.54. The van der Waals surface area contributed by atoms with Crippen LogP contribution in [-0.4, -0.2) is 193 Å². The summed E-state index contributed by atoms with van der Waals surface area (Å²) in [6, 6.07) is -0.989. The lowest BCUT2D eigenvalue weighted by Gasteiger charge is -2.48. The Labute approximate surface area is 664 Å². The number of hydrogen-bond acceptors (Lipinski definition) is 18. The van der Waals surface area contributed by atoms with Crippen LogP contribution in [-0.2, 0) is 33.2 Å². The first-order valence-electron chi connectivity index (χ1n) is 46.1. The van der Waals surface area contributed by atoms with Gasteiger partial charge in [0.05, 0.1) is 38.6 Å². The maximum absolute atomic E-state index is 13.5.